The number of rotatable bonds is 4. The van der Waals surface area contributed by atoms with Crippen LogP contribution in [0.25, 0.3) is 10.9 Å². The Morgan fingerprint density at radius 1 is 1.33 bits per heavy atom. The second-order valence-corrected chi connectivity index (χ2v) is 4.92. The van der Waals surface area contributed by atoms with Crippen LogP contribution in [0.2, 0.25) is 0 Å². The van der Waals surface area contributed by atoms with Gasteiger partial charge in [0.1, 0.15) is 0 Å². The molecule has 3 heteroatoms. The third kappa shape index (κ3) is 2.29. The van der Waals surface area contributed by atoms with Gasteiger partial charge in [-0.15, -0.1) is 0 Å². The molecule has 0 radical (unpaired) electrons. The molecule has 1 aromatic carbocycles. The summed E-state index contributed by atoms with van der Waals surface area (Å²) in [6.45, 7) is 3.25. The molecule has 0 fully saturated rings. The monoisotopic (exact) mass is 220 g/mol. The van der Waals surface area contributed by atoms with Crippen molar-refractivity contribution in [1.29, 1.82) is 0 Å². The van der Waals surface area contributed by atoms with Crippen LogP contribution in [0.3, 0.4) is 0 Å². The molecule has 0 amide bonds. The first-order chi connectivity index (χ1) is 7.31. The highest BCUT2D eigenvalue weighted by molar-refractivity contribution is 7.99. The molecule has 0 atom stereocenters. The molecule has 0 unspecified atom stereocenters. The Bertz CT molecular complexity index is 448. The highest BCUT2D eigenvalue weighted by Crippen LogP contribution is 2.19. The zero-order valence-electron chi connectivity index (χ0n) is 8.94. The lowest BCUT2D eigenvalue weighted by atomic mass is 10.2. The van der Waals surface area contributed by atoms with Crippen LogP contribution in [-0.2, 0) is 6.54 Å². The van der Waals surface area contributed by atoms with E-state index in [-0.39, 0.29) is 0 Å². The number of nitrogen functional groups attached to an aromatic ring is 1. The van der Waals surface area contributed by atoms with Crippen LogP contribution >= 0.6 is 11.8 Å². The van der Waals surface area contributed by atoms with Gasteiger partial charge >= 0.3 is 0 Å². The van der Waals surface area contributed by atoms with Crippen molar-refractivity contribution in [1.82, 2.24) is 4.57 Å². The SMILES string of the molecule is CCSCCn1ccc2ccc(N)cc21. The van der Waals surface area contributed by atoms with Crippen molar-refractivity contribution in [2.45, 2.75) is 13.5 Å². The number of nitrogens with zero attached hydrogens (tertiary/aromatic N) is 1. The van der Waals surface area contributed by atoms with Crippen LogP contribution in [-0.4, -0.2) is 16.1 Å². The van der Waals surface area contributed by atoms with E-state index < -0.39 is 0 Å². The van der Waals surface area contributed by atoms with Gasteiger partial charge in [-0.3, -0.25) is 0 Å². The predicted molar refractivity (Wildman–Crippen MR) is 69.3 cm³/mol. The Labute approximate surface area is 94.5 Å². The lowest BCUT2D eigenvalue weighted by Gasteiger charge is -2.04. The van der Waals surface area contributed by atoms with E-state index in [0.717, 1.165) is 18.0 Å². The van der Waals surface area contributed by atoms with Gasteiger partial charge in [0.2, 0.25) is 0 Å². The van der Waals surface area contributed by atoms with Crippen LogP contribution in [0.5, 0.6) is 0 Å². The van der Waals surface area contributed by atoms with E-state index in [1.807, 2.05) is 23.9 Å². The van der Waals surface area contributed by atoms with Crippen molar-refractivity contribution in [2.75, 3.05) is 17.2 Å². The van der Waals surface area contributed by atoms with Gasteiger partial charge in [0, 0.05) is 24.2 Å². The molecule has 80 valence electrons. The fraction of sp³-hybridized carbons (Fsp3) is 0.333. The molecule has 1 heterocycles. The number of aryl methyl sites for hydroxylation is 1. The molecule has 0 spiro atoms. The molecule has 1 aromatic heterocycles. The minimum atomic E-state index is 0.839. The number of aromatic nitrogens is 1. The smallest absolute Gasteiger partial charge is 0.0501 e. The minimum absolute atomic E-state index is 0.839. The third-order valence-electron chi connectivity index (χ3n) is 2.48. The summed E-state index contributed by atoms with van der Waals surface area (Å²) in [7, 11) is 0. The first kappa shape index (κ1) is 10.4. The van der Waals surface area contributed by atoms with Gasteiger partial charge in [-0.25, -0.2) is 0 Å². The van der Waals surface area contributed by atoms with Crippen molar-refractivity contribution in [3.8, 4) is 0 Å². The number of benzene rings is 1. The maximum Gasteiger partial charge on any atom is 0.0501 e. The van der Waals surface area contributed by atoms with Crippen molar-refractivity contribution >= 4 is 28.4 Å². The molecular formula is C12H16N2S. The van der Waals surface area contributed by atoms with Gasteiger partial charge in [0.25, 0.3) is 0 Å². The van der Waals surface area contributed by atoms with Gasteiger partial charge in [0.15, 0.2) is 0 Å². The van der Waals surface area contributed by atoms with E-state index in [1.165, 1.54) is 16.7 Å². The molecule has 0 bridgehead atoms. The van der Waals surface area contributed by atoms with Gasteiger partial charge in [-0.2, -0.15) is 11.8 Å². The van der Waals surface area contributed by atoms with Gasteiger partial charge < -0.3 is 10.3 Å². The van der Waals surface area contributed by atoms with Crippen molar-refractivity contribution in [3.05, 3.63) is 30.5 Å². The largest absolute Gasteiger partial charge is 0.399 e. The van der Waals surface area contributed by atoms with Crippen LogP contribution < -0.4 is 5.73 Å². The van der Waals surface area contributed by atoms with Crippen LogP contribution in [0.4, 0.5) is 5.69 Å². The topological polar surface area (TPSA) is 30.9 Å². The van der Waals surface area contributed by atoms with E-state index in [2.05, 4.69) is 29.8 Å². The number of hydrogen-bond donors (Lipinski definition) is 1. The Hall–Kier alpha value is -1.09. The molecule has 0 saturated heterocycles. The average molecular weight is 220 g/mol. The van der Waals surface area contributed by atoms with E-state index in [9.17, 15) is 0 Å². The second kappa shape index (κ2) is 4.62. The van der Waals surface area contributed by atoms with E-state index in [4.69, 9.17) is 5.73 Å². The standard InChI is InChI=1S/C12H16N2S/c1-2-15-8-7-14-6-5-10-3-4-11(13)9-12(10)14/h3-6,9H,2,7-8,13H2,1H3. The average Bonchev–Trinajstić information content (AvgIpc) is 2.62. The summed E-state index contributed by atoms with van der Waals surface area (Å²) < 4.78 is 2.27. The molecule has 2 N–H and O–H groups in total. The summed E-state index contributed by atoms with van der Waals surface area (Å²) in [6, 6.07) is 8.22. The van der Waals surface area contributed by atoms with Crippen LogP contribution in [0.1, 0.15) is 6.92 Å². The summed E-state index contributed by atoms with van der Waals surface area (Å²) in [5.74, 6) is 2.34. The number of hydrogen-bond acceptors (Lipinski definition) is 2. The number of fused-ring (bicyclic) bond motifs is 1. The van der Waals surface area contributed by atoms with Crippen molar-refractivity contribution in [3.63, 3.8) is 0 Å². The maximum absolute atomic E-state index is 5.79. The maximum atomic E-state index is 5.79. The van der Waals surface area contributed by atoms with Gasteiger partial charge in [0.05, 0.1) is 5.52 Å². The number of thioether (sulfide) groups is 1. The predicted octanol–water partition coefficient (Wildman–Crippen LogP) is 2.98. The molecule has 0 saturated carbocycles. The van der Waals surface area contributed by atoms with E-state index in [1.54, 1.807) is 0 Å². The molecule has 0 aliphatic carbocycles. The second-order valence-electron chi connectivity index (χ2n) is 3.52. The Kier molecular flexibility index (Phi) is 3.21. The summed E-state index contributed by atoms with van der Waals surface area (Å²) in [6.07, 6.45) is 2.14. The molecule has 2 rings (SSSR count). The van der Waals surface area contributed by atoms with Crippen molar-refractivity contribution in [2.24, 2.45) is 0 Å². The fourth-order valence-corrected chi connectivity index (χ4v) is 2.32. The highest BCUT2D eigenvalue weighted by atomic mass is 32.2. The Balaban J connectivity index is 2.23. The summed E-state index contributed by atoms with van der Waals surface area (Å²) in [5, 5.41) is 1.27. The van der Waals surface area contributed by atoms with Gasteiger partial charge in [-0.05, 0) is 29.3 Å². The first-order valence-corrected chi connectivity index (χ1v) is 6.39. The first-order valence-electron chi connectivity index (χ1n) is 5.23. The highest BCUT2D eigenvalue weighted by Gasteiger charge is 2.00. The Morgan fingerprint density at radius 2 is 2.20 bits per heavy atom. The molecular weight excluding hydrogens is 204 g/mol. The summed E-state index contributed by atoms with van der Waals surface area (Å²) in [4.78, 5) is 0. The molecule has 0 aliphatic rings. The normalized spacial score (nSPS) is 11.0. The molecule has 15 heavy (non-hydrogen) atoms. The lowest BCUT2D eigenvalue weighted by Crippen LogP contribution is -1.99. The zero-order chi connectivity index (χ0) is 10.7. The van der Waals surface area contributed by atoms with Crippen LogP contribution in [0.15, 0.2) is 30.5 Å². The Morgan fingerprint density at radius 3 is 3.00 bits per heavy atom. The molecule has 2 aromatic rings. The number of anilines is 1. The molecule has 2 nitrogen and oxygen atoms in total. The van der Waals surface area contributed by atoms with E-state index in [0.29, 0.717) is 0 Å². The quantitative estimate of drug-likeness (QED) is 0.634. The minimum Gasteiger partial charge on any atom is -0.399 e. The summed E-state index contributed by atoms with van der Waals surface area (Å²) in [5.41, 5.74) is 7.87. The zero-order valence-corrected chi connectivity index (χ0v) is 9.76. The lowest BCUT2D eigenvalue weighted by molar-refractivity contribution is 0.807. The summed E-state index contributed by atoms with van der Waals surface area (Å²) >= 11 is 1.97. The molecule has 0 aliphatic heterocycles. The van der Waals surface area contributed by atoms with Gasteiger partial charge in [-0.1, -0.05) is 13.0 Å². The fourth-order valence-electron chi connectivity index (χ4n) is 1.70. The van der Waals surface area contributed by atoms with Crippen LogP contribution in [0, 0.1) is 0 Å². The van der Waals surface area contributed by atoms with E-state index >= 15 is 0 Å². The third-order valence-corrected chi connectivity index (χ3v) is 3.36. The van der Waals surface area contributed by atoms with Crippen molar-refractivity contribution < 1.29 is 0 Å². The number of nitrogens with two attached hydrogens (primary N) is 1.